The van der Waals surface area contributed by atoms with Gasteiger partial charge in [-0.1, -0.05) is 0 Å². The summed E-state index contributed by atoms with van der Waals surface area (Å²) < 4.78 is 21.9. The van der Waals surface area contributed by atoms with E-state index in [0.29, 0.717) is 0 Å². The Bertz CT molecular complexity index is 489. The van der Waals surface area contributed by atoms with Gasteiger partial charge in [-0.15, -0.1) is 0 Å². The Hall–Kier alpha value is -0.730. The Balaban J connectivity index is 3.53. The minimum absolute atomic E-state index is 0.160. The number of aromatic nitrogens is 1. The van der Waals surface area contributed by atoms with Crippen LogP contribution in [0.25, 0.3) is 0 Å². The lowest BCUT2D eigenvalue weighted by molar-refractivity contribution is -0.388. The fraction of sp³-hybridized carbons (Fsp3) is 0. The largest absolute Gasteiger partial charge is 0.293 e. The molecule has 76 valence electrons. The molecule has 0 spiro atoms. The number of nitro groups is 1. The molecule has 0 radical (unpaired) electrons. The minimum Gasteiger partial charge on any atom is -0.258 e. The Kier molecular flexibility index (Phi) is 3.07. The monoisotopic (exact) mass is 300 g/mol. The van der Waals surface area contributed by atoms with Crippen LogP contribution in [0.2, 0.25) is 0 Å². The molecule has 9 heteroatoms. The van der Waals surface area contributed by atoms with Crippen molar-refractivity contribution in [2.75, 3.05) is 0 Å². The predicted molar refractivity (Wildman–Crippen MR) is 51.6 cm³/mol. The van der Waals surface area contributed by atoms with Crippen molar-refractivity contribution in [3.05, 3.63) is 27.0 Å². The maximum atomic E-state index is 10.9. The first-order chi connectivity index (χ1) is 6.32. The molecule has 0 saturated heterocycles. The predicted octanol–water partition coefficient (Wildman–Crippen LogP) is 1.68. The molecule has 0 N–H and O–H groups in total. The quantitative estimate of drug-likeness (QED) is 0.359. The highest BCUT2D eigenvalue weighted by atomic mass is 79.9. The van der Waals surface area contributed by atoms with Crippen LogP contribution in [0.3, 0.4) is 0 Å². The number of halogens is 2. The van der Waals surface area contributed by atoms with Gasteiger partial charge in [-0.05, 0) is 15.9 Å². The second-order valence-corrected chi connectivity index (χ2v) is 5.52. The fourth-order valence-electron chi connectivity index (χ4n) is 0.738. The summed E-state index contributed by atoms with van der Waals surface area (Å²) in [5, 5.41) is 10.5. The molecule has 0 aliphatic rings. The summed E-state index contributed by atoms with van der Waals surface area (Å²) in [6, 6.07) is 0.968. The summed E-state index contributed by atoms with van der Waals surface area (Å²) in [6.45, 7) is 0. The lowest BCUT2D eigenvalue weighted by Gasteiger charge is -1.97. The average Bonchev–Trinajstić information content (AvgIpc) is 2.01. The van der Waals surface area contributed by atoms with E-state index in [4.69, 9.17) is 10.7 Å². The number of nitrogens with zero attached hydrogens (tertiary/aromatic N) is 2. The zero-order valence-electron chi connectivity index (χ0n) is 6.35. The Morgan fingerprint density at radius 1 is 1.57 bits per heavy atom. The van der Waals surface area contributed by atoms with Gasteiger partial charge in [-0.2, -0.15) is 0 Å². The smallest absolute Gasteiger partial charge is 0.258 e. The highest BCUT2D eigenvalue weighted by Crippen LogP contribution is 2.27. The van der Waals surface area contributed by atoms with E-state index in [1.54, 1.807) is 0 Å². The van der Waals surface area contributed by atoms with E-state index in [1.807, 2.05) is 0 Å². The van der Waals surface area contributed by atoms with Crippen LogP contribution in [0.15, 0.2) is 21.8 Å². The van der Waals surface area contributed by atoms with Gasteiger partial charge in [0.05, 0.1) is 17.2 Å². The third-order valence-corrected chi connectivity index (χ3v) is 3.05. The summed E-state index contributed by atoms with van der Waals surface area (Å²) in [6.07, 6.45) is 0.824. The summed E-state index contributed by atoms with van der Waals surface area (Å²) in [5.41, 5.74) is -0.609. The van der Waals surface area contributed by atoms with E-state index >= 15 is 0 Å². The minimum atomic E-state index is -4.15. The van der Waals surface area contributed by atoms with Gasteiger partial charge < -0.3 is 0 Å². The van der Waals surface area contributed by atoms with Crippen LogP contribution in [0.5, 0.6) is 0 Å². The van der Waals surface area contributed by atoms with Crippen LogP contribution in [0.4, 0.5) is 5.69 Å². The summed E-state index contributed by atoms with van der Waals surface area (Å²) in [5.74, 6) is 0. The molecule has 0 atom stereocenters. The number of rotatable bonds is 2. The standard InChI is InChI=1S/C5H2BrClN2O4S/c6-5-1-3(9(10)11)4(2-8-5)14(7,12)13/h1-2H. The summed E-state index contributed by atoms with van der Waals surface area (Å²) in [4.78, 5) is 12.5. The molecular formula is C5H2BrClN2O4S. The topological polar surface area (TPSA) is 90.2 Å². The fourth-order valence-corrected chi connectivity index (χ4v) is 1.98. The average molecular weight is 302 g/mol. The van der Waals surface area contributed by atoms with Gasteiger partial charge in [-0.3, -0.25) is 10.1 Å². The zero-order valence-corrected chi connectivity index (χ0v) is 9.50. The van der Waals surface area contributed by atoms with Crippen molar-refractivity contribution in [1.82, 2.24) is 4.98 Å². The normalized spacial score (nSPS) is 11.3. The third kappa shape index (κ3) is 2.40. The molecule has 6 nitrogen and oxygen atoms in total. The molecule has 0 amide bonds. The Labute approximate surface area is 91.6 Å². The van der Waals surface area contributed by atoms with E-state index in [2.05, 4.69) is 20.9 Å². The van der Waals surface area contributed by atoms with Gasteiger partial charge in [-0.25, -0.2) is 13.4 Å². The second kappa shape index (κ2) is 3.79. The molecule has 1 aromatic rings. The van der Waals surface area contributed by atoms with Gasteiger partial charge in [0.1, 0.15) is 4.60 Å². The van der Waals surface area contributed by atoms with Gasteiger partial charge >= 0.3 is 0 Å². The van der Waals surface area contributed by atoms with Crippen molar-refractivity contribution < 1.29 is 13.3 Å². The van der Waals surface area contributed by atoms with E-state index in [-0.39, 0.29) is 4.60 Å². The first-order valence-corrected chi connectivity index (χ1v) is 6.17. The lowest BCUT2D eigenvalue weighted by Crippen LogP contribution is -1.99. The number of pyridine rings is 1. The van der Waals surface area contributed by atoms with Crippen LogP contribution < -0.4 is 0 Å². The van der Waals surface area contributed by atoms with Crippen molar-refractivity contribution in [2.45, 2.75) is 4.90 Å². The van der Waals surface area contributed by atoms with Crippen LogP contribution in [-0.2, 0) is 9.05 Å². The maximum Gasteiger partial charge on any atom is 0.293 e. The maximum absolute atomic E-state index is 10.9. The highest BCUT2D eigenvalue weighted by molar-refractivity contribution is 9.10. The zero-order chi connectivity index (χ0) is 10.9. The van der Waals surface area contributed by atoms with Crippen molar-refractivity contribution in [3.63, 3.8) is 0 Å². The Morgan fingerprint density at radius 2 is 2.14 bits per heavy atom. The van der Waals surface area contributed by atoms with Crippen LogP contribution >= 0.6 is 26.6 Å². The molecule has 1 heterocycles. The van der Waals surface area contributed by atoms with Crippen LogP contribution in [-0.4, -0.2) is 18.3 Å². The molecule has 0 fully saturated rings. The molecule has 0 saturated carbocycles. The lowest BCUT2D eigenvalue weighted by atomic mass is 10.4. The molecule has 0 aliphatic carbocycles. The van der Waals surface area contributed by atoms with Gasteiger partial charge in [0.25, 0.3) is 14.7 Å². The molecule has 1 rings (SSSR count). The van der Waals surface area contributed by atoms with Crippen molar-refractivity contribution in [1.29, 1.82) is 0 Å². The first kappa shape index (κ1) is 11.3. The Morgan fingerprint density at radius 3 is 2.57 bits per heavy atom. The molecule has 14 heavy (non-hydrogen) atoms. The third-order valence-electron chi connectivity index (χ3n) is 1.27. The van der Waals surface area contributed by atoms with Crippen molar-refractivity contribution in [3.8, 4) is 0 Å². The van der Waals surface area contributed by atoms with E-state index < -0.39 is 24.6 Å². The van der Waals surface area contributed by atoms with E-state index in [9.17, 15) is 18.5 Å². The summed E-state index contributed by atoms with van der Waals surface area (Å²) in [7, 11) is 0.825. The van der Waals surface area contributed by atoms with E-state index in [0.717, 1.165) is 12.3 Å². The van der Waals surface area contributed by atoms with Crippen LogP contribution in [0, 0.1) is 10.1 Å². The highest BCUT2D eigenvalue weighted by Gasteiger charge is 2.24. The van der Waals surface area contributed by atoms with Crippen LogP contribution in [0.1, 0.15) is 0 Å². The molecule has 0 unspecified atom stereocenters. The van der Waals surface area contributed by atoms with Gasteiger partial charge in [0, 0.05) is 10.7 Å². The van der Waals surface area contributed by atoms with Crippen molar-refractivity contribution in [2.24, 2.45) is 0 Å². The number of hydrogen-bond donors (Lipinski definition) is 0. The van der Waals surface area contributed by atoms with E-state index in [1.165, 1.54) is 0 Å². The second-order valence-electron chi connectivity index (χ2n) is 2.17. The number of hydrogen-bond acceptors (Lipinski definition) is 5. The summed E-state index contributed by atoms with van der Waals surface area (Å²) >= 11 is 2.88. The molecular weight excluding hydrogens is 299 g/mol. The molecule has 1 aromatic heterocycles. The molecule has 0 bridgehead atoms. The SMILES string of the molecule is O=[N+]([O-])c1cc(Br)ncc1S(=O)(=O)Cl. The first-order valence-electron chi connectivity index (χ1n) is 3.07. The van der Waals surface area contributed by atoms with Gasteiger partial charge in [0.15, 0.2) is 4.90 Å². The molecule has 0 aromatic carbocycles. The van der Waals surface area contributed by atoms with Gasteiger partial charge in [0.2, 0.25) is 0 Å². The molecule has 0 aliphatic heterocycles. The van der Waals surface area contributed by atoms with Crippen molar-refractivity contribution >= 4 is 41.4 Å².